The molecule has 14 nitrogen and oxygen atoms in total. The zero-order chi connectivity index (χ0) is 30.5. The lowest BCUT2D eigenvalue weighted by Gasteiger charge is -2.14. The second-order valence-electron chi connectivity index (χ2n) is 8.07. The Balaban J connectivity index is 2.27. The molecule has 0 heterocycles. The third-order valence-corrected chi connectivity index (χ3v) is 7.68. The molecule has 1 N–H and O–H groups in total. The Bertz CT molecular complexity index is 1640. The molecule has 0 aliphatic heterocycles. The zero-order valence-corrected chi connectivity index (χ0v) is 23.7. The maximum atomic E-state index is 13.2. The topological polar surface area (TPSA) is 195 Å². The zero-order valence-electron chi connectivity index (χ0n) is 22.1. The minimum absolute atomic E-state index is 0.0446. The summed E-state index contributed by atoms with van der Waals surface area (Å²) in [6, 6.07) is 9.18. The second-order valence-corrected chi connectivity index (χ2v) is 10.8. The van der Waals surface area contributed by atoms with Crippen LogP contribution in [0.2, 0.25) is 0 Å². The van der Waals surface area contributed by atoms with E-state index >= 15 is 0 Å². The van der Waals surface area contributed by atoms with Gasteiger partial charge in [-0.25, -0.2) is 0 Å². The summed E-state index contributed by atoms with van der Waals surface area (Å²) in [5.74, 6) is 0.304. The average Bonchev–Trinajstić information content (AvgIpc) is 2.93. The molecule has 0 saturated carbocycles. The van der Waals surface area contributed by atoms with E-state index in [4.69, 9.17) is 18.9 Å². The highest BCUT2D eigenvalue weighted by atomic mass is 32.2. The van der Waals surface area contributed by atoms with Crippen molar-refractivity contribution in [1.29, 1.82) is 0 Å². The summed E-state index contributed by atoms with van der Waals surface area (Å²) in [6.07, 6.45) is 1.37. The van der Waals surface area contributed by atoms with Crippen LogP contribution < -0.4 is 18.9 Å². The van der Waals surface area contributed by atoms with Gasteiger partial charge in [-0.3, -0.25) is 29.0 Å². The van der Waals surface area contributed by atoms with Crippen LogP contribution >= 0.6 is 0 Å². The van der Waals surface area contributed by atoms with E-state index in [1.807, 2.05) is 0 Å². The van der Waals surface area contributed by atoms with Gasteiger partial charge in [-0.1, -0.05) is 18.2 Å². The molecule has 0 fully saturated rings. The highest BCUT2D eigenvalue weighted by molar-refractivity contribution is 7.87. The lowest BCUT2D eigenvalue weighted by atomic mass is 9.97. The Morgan fingerprint density at radius 3 is 1.93 bits per heavy atom. The lowest BCUT2D eigenvalue weighted by molar-refractivity contribution is -0.394. The second kappa shape index (κ2) is 12.8. The first-order chi connectivity index (χ1) is 19.4. The standard InChI is InChI=1S/C25H24N2O12S2/c1-36-16-12-20(38-3)17(21(13-16)39-4)9-10-40(32)14-15-11-22(41(33,34)35)25(27(30)31)23(24(15)26(28)29)18-7-5-6-8-19(18)37-2/h5-13H,14H2,1-4H3,(H,33,34,35). The van der Waals surface area contributed by atoms with E-state index < -0.39 is 63.9 Å². The third kappa shape index (κ3) is 6.62. The normalized spacial score (nSPS) is 12.1. The number of ether oxygens (including phenoxy) is 4. The van der Waals surface area contributed by atoms with Gasteiger partial charge in [0.2, 0.25) is 0 Å². The Morgan fingerprint density at radius 2 is 1.44 bits per heavy atom. The van der Waals surface area contributed by atoms with Gasteiger partial charge < -0.3 is 18.9 Å². The molecule has 218 valence electrons. The first kappa shape index (κ1) is 31.0. The van der Waals surface area contributed by atoms with Crippen molar-refractivity contribution >= 4 is 38.4 Å². The summed E-state index contributed by atoms with van der Waals surface area (Å²) in [4.78, 5) is 21.1. The molecular formula is C25H24N2O12S2. The Morgan fingerprint density at radius 1 is 0.878 bits per heavy atom. The van der Waals surface area contributed by atoms with E-state index in [0.717, 1.165) is 5.41 Å². The summed E-state index contributed by atoms with van der Waals surface area (Å²) in [5.41, 5.74) is -3.13. The number of hydrogen-bond acceptors (Lipinski definition) is 11. The van der Waals surface area contributed by atoms with Gasteiger partial charge in [0.25, 0.3) is 5.69 Å². The van der Waals surface area contributed by atoms with Crippen molar-refractivity contribution in [2.45, 2.75) is 10.6 Å². The van der Waals surface area contributed by atoms with Crippen LogP contribution in [0.25, 0.3) is 17.2 Å². The van der Waals surface area contributed by atoms with Crippen molar-refractivity contribution in [3.63, 3.8) is 0 Å². The summed E-state index contributed by atoms with van der Waals surface area (Å²) in [7, 11) is -1.90. The maximum absolute atomic E-state index is 13.2. The molecule has 16 heteroatoms. The molecule has 3 rings (SSSR count). The SMILES string of the molecule is COc1cc(OC)c(C=CS(=O)Cc2cc(S(=O)(=O)O)c([N+](=O)[O-])c(-c3ccccc3OC)c2[N+](=O)[O-])c(OC)c1. The fraction of sp³-hybridized carbons (Fsp3) is 0.200. The van der Waals surface area contributed by atoms with Crippen LogP contribution in [0.4, 0.5) is 11.4 Å². The smallest absolute Gasteiger partial charge is 0.305 e. The number of benzene rings is 3. The largest absolute Gasteiger partial charge is 0.496 e. The average molecular weight is 609 g/mol. The molecule has 0 amide bonds. The van der Waals surface area contributed by atoms with E-state index in [2.05, 4.69) is 0 Å². The number of hydrogen-bond donors (Lipinski definition) is 1. The van der Waals surface area contributed by atoms with Gasteiger partial charge in [-0.15, -0.1) is 0 Å². The Hall–Kier alpha value is -4.54. The van der Waals surface area contributed by atoms with Crippen molar-refractivity contribution in [2.75, 3.05) is 28.4 Å². The van der Waals surface area contributed by atoms with Crippen LogP contribution in [0.15, 0.2) is 52.8 Å². The molecule has 3 aromatic carbocycles. The minimum Gasteiger partial charge on any atom is -0.496 e. The molecule has 0 spiro atoms. The van der Waals surface area contributed by atoms with Crippen LogP contribution in [-0.4, -0.2) is 55.5 Å². The van der Waals surface area contributed by atoms with Gasteiger partial charge in [-0.05, 0) is 18.2 Å². The van der Waals surface area contributed by atoms with E-state index in [-0.39, 0.29) is 11.3 Å². The Labute approximate surface area is 236 Å². The predicted octanol–water partition coefficient (Wildman–Crippen LogP) is 4.37. The molecule has 41 heavy (non-hydrogen) atoms. The van der Waals surface area contributed by atoms with Crippen LogP contribution in [0, 0.1) is 20.2 Å². The fourth-order valence-corrected chi connectivity index (χ4v) is 5.66. The molecule has 1 unspecified atom stereocenters. The van der Waals surface area contributed by atoms with Crippen LogP contribution in [0.3, 0.4) is 0 Å². The monoisotopic (exact) mass is 608 g/mol. The number of nitro benzene ring substituents is 2. The molecule has 0 aliphatic carbocycles. The molecule has 0 radical (unpaired) electrons. The van der Waals surface area contributed by atoms with Gasteiger partial charge in [0.15, 0.2) is 4.90 Å². The summed E-state index contributed by atoms with van der Waals surface area (Å²) >= 11 is 0. The van der Waals surface area contributed by atoms with Crippen LogP contribution in [0.5, 0.6) is 23.0 Å². The number of rotatable bonds is 12. The van der Waals surface area contributed by atoms with Crippen LogP contribution in [-0.2, 0) is 26.7 Å². The molecule has 0 aromatic heterocycles. The predicted molar refractivity (Wildman–Crippen MR) is 149 cm³/mol. The molecule has 1 atom stereocenters. The molecule has 3 aromatic rings. The van der Waals surface area contributed by atoms with Gasteiger partial charge in [-0.2, -0.15) is 8.42 Å². The van der Waals surface area contributed by atoms with E-state index in [1.54, 1.807) is 12.1 Å². The summed E-state index contributed by atoms with van der Waals surface area (Å²) < 4.78 is 68.6. The van der Waals surface area contributed by atoms with E-state index in [0.29, 0.717) is 28.9 Å². The summed E-state index contributed by atoms with van der Waals surface area (Å²) in [6.45, 7) is 0. The number of nitro groups is 2. The van der Waals surface area contributed by atoms with Crippen molar-refractivity contribution in [3.05, 3.63) is 79.2 Å². The molecular weight excluding hydrogens is 584 g/mol. The quantitative estimate of drug-likeness (QED) is 0.173. The summed E-state index contributed by atoms with van der Waals surface area (Å²) in [5, 5.41) is 25.5. The molecule has 0 aliphatic rings. The van der Waals surface area contributed by atoms with E-state index in [1.165, 1.54) is 58.8 Å². The lowest BCUT2D eigenvalue weighted by Crippen LogP contribution is -2.10. The van der Waals surface area contributed by atoms with Crippen molar-refractivity contribution in [3.8, 4) is 34.1 Å². The first-order valence-corrected chi connectivity index (χ1v) is 14.1. The molecule has 0 bridgehead atoms. The van der Waals surface area contributed by atoms with Crippen LogP contribution in [0.1, 0.15) is 11.1 Å². The van der Waals surface area contributed by atoms with Crippen molar-refractivity contribution in [1.82, 2.24) is 0 Å². The van der Waals surface area contributed by atoms with Gasteiger partial charge in [0.05, 0.1) is 60.4 Å². The van der Waals surface area contributed by atoms with Crippen molar-refractivity contribution < 1.29 is 46.0 Å². The number of para-hydroxylation sites is 1. The number of methoxy groups -OCH3 is 4. The molecule has 0 saturated heterocycles. The third-order valence-electron chi connectivity index (χ3n) is 5.77. The highest BCUT2D eigenvalue weighted by Crippen LogP contribution is 2.47. The number of nitrogens with zero attached hydrogens (tertiary/aromatic N) is 2. The minimum atomic E-state index is -5.28. The maximum Gasteiger partial charge on any atom is 0.305 e. The van der Waals surface area contributed by atoms with Gasteiger partial charge in [0, 0.05) is 28.7 Å². The first-order valence-electron chi connectivity index (χ1n) is 11.3. The fourth-order valence-electron chi connectivity index (χ4n) is 4.04. The van der Waals surface area contributed by atoms with Crippen molar-refractivity contribution in [2.24, 2.45) is 0 Å². The highest BCUT2D eigenvalue weighted by Gasteiger charge is 2.39. The van der Waals surface area contributed by atoms with E-state index in [9.17, 15) is 37.4 Å². The Kier molecular flexibility index (Phi) is 9.64. The van der Waals surface area contributed by atoms with Gasteiger partial charge in [0.1, 0.15) is 28.6 Å². The van der Waals surface area contributed by atoms with Gasteiger partial charge >= 0.3 is 15.8 Å².